The van der Waals surface area contributed by atoms with Crippen molar-refractivity contribution < 1.29 is 4.79 Å². The largest absolute Gasteiger partial charge is 0.339 e. The van der Waals surface area contributed by atoms with Gasteiger partial charge in [0.15, 0.2) is 0 Å². The first-order valence-electron chi connectivity index (χ1n) is 7.38. The number of halogens is 2. The first-order chi connectivity index (χ1) is 9.63. The molecule has 1 saturated carbocycles. The van der Waals surface area contributed by atoms with Gasteiger partial charge < -0.3 is 10.2 Å². The van der Waals surface area contributed by atoms with Crippen LogP contribution in [0.4, 0.5) is 0 Å². The van der Waals surface area contributed by atoms with Crippen molar-refractivity contribution in [2.75, 3.05) is 7.05 Å². The minimum Gasteiger partial charge on any atom is -0.339 e. The molecule has 1 aliphatic heterocycles. The predicted octanol–water partition coefficient (Wildman–Crippen LogP) is 3.70. The summed E-state index contributed by atoms with van der Waals surface area (Å²) in [5, 5.41) is 3.55. The van der Waals surface area contributed by atoms with Crippen LogP contribution in [0.15, 0.2) is 12.1 Å². The number of nitrogens with one attached hydrogen (secondary N) is 1. The number of amides is 1. The summed E-state index contributed by atoms with van der Waals surface area (Å²) in [7, 11) is 1.89. The molecule has 118 valence electrons. The van der Waals surface area contributed by atoms with Gasteiger partial charge in [-0.2, -0.15) is 0 Å². The zero-order valence-electron chi connectivity index (χ0n) is 12.2. The summed E-state index contributed by atoms with van der Waals surface area (Å²) in [6.07, 6.45) is 6.16. The molecule has 1 aromatic rings. The summed E-state index contributed by atoms with van der Waals surface area (Å²) in [6, 6.07) is 4.48. The fourth-order valence-corrected chi connectivity index (χ4v) is 4.67. The standard InChI is InChI=1S/C15H21ClN2OS.ClH/c1-18(9-11-6-7-14(16)20-11)15(19)13-8-10-4-2-3-5-12(10)17-13;/h6-7,10,12-13,17H,2-5,8-9H2,1H3;1H. The first kappa shape index (κ1) is 17.1. The first-order valence-corrected chi connectivity index (χ1v) is 8.58. The number of nitrogens with zero attached hydrogens (tertiary/aromatic N) is 1. The number of carbonyl (C=O) groups excluding carboxylic acids is 1. The van der Waals surface area contributed by atoms with E-state index in [9.17, 15) is 4.79 Å². The molecule has 3 rings (SSSR count). The highest BCUT2D eigenvalue weighted by molar-refractivity contribution is 7.16. The van der Waals surface area contributed by atoms with Crippen molar-refractivity contribution in [3.63, 3.8) is 0 Å². The molecule has 1 aromatic heterocycles. The van der Waals surface area contributed by atoms with Crippen LogP contribution in [-0.2, 0) is 11.3 Å². The minimum atomic E-state index is 0. The van der Waals surface area contributed by atoms with Gasteiger partial charge in [0.2, 0.25) is 5.91 Å². The second-order valence-corrected chi connectivity index (χ2v) is 7.81. The number of hydrogen-bond acceptors (Lipinski definition) is 3. The van der Waals surface area contributed by atoms with Gasteiger partial charge in [0.05, 0.1) is 16.9 Å². The Balaban J connectivity index is 0.00000161. The molecule has 2 fully saturated rings. The molecular weight excluding hydrogens is 327 g/mol. The van der Waals surface area contributed by atoms with Gasteiger partial charge in [-0.05, 0) is 37.3 Å². The molecule has 2 aliphatic rings. The Morgan fingerprint density at radius 2 is 2.19 bits per heavy atom. The van der Waals surface area contributed by atoms with Crippen molar-refractivity contribution in [2.45, 2.75) is 50.7 Å². The lowest BCUT2D eigenvalue weighted by atomic mass is 9.85. The maximum atomic E-state index is 12.5. The van der Waals surface area contributed by atoms with Crippen molar-refractivity contribution in [3.05, 3.63) is 21.3 Å². The average molecular weight is 349 g/mol. The van der Waals surface area contributed by atoms with Crippen molar-refractivity contribution in [2.24, 2.45) is 5.92 Å². The van der Waals surface area contributed by atoms with E-state index in [2.05, 4.69) is 5.32 Å². The molecule has 3 unspecified atom stereocenters. The van der Waals surface area contributed by atoms with Crippen molar-refractivity contribution in [1.82, 2.24) is 10.2 Å². The quantitative estimate of drug-likeness (QED) is 0.902. The highest BCUT2D eigenvalue weighted by Crippen LogP contribution is 2.33. The molecule has 0 radical (unpaired) electrons. The number of hydrogen-bond donors (Lipinski definition) is 1. The average Bonchev–Trinajstić information content (AvgIpc) is 3.03. The van der Waals surface area contributed by atoms with E-state index in [1.54, 1.807) is 11.3 Å². The van der Waals surface area contributed by atoms with Crippen LogP contribution in [0.1, 0.15) is 37.0 Å². The van der Waals surface area contributed by atoms with E-state index < -0.39 is 0 Å². The van der Waals surface area contributed by atoms with Gasteiger partial charge in [-0.3, -0.25) is 4.79 Å². The molecule has 1 N–H and O–H groups in total. The number of thiophene rings is 1. The Hall–Kier alpha value is -0.290. The molecule has 0 bridgehead atoms. The Labute approximate surface area is 141 Å². The van der Waals surface area contributed by atoms with Crippen LogP contribution >= 0.6 is 35.3 Å². The normalized spacial score (nSPS) is 27.8. The zero-order valence-corrected chi connectivity index (χ0v) is 14.6. The Morgan fingerprint density at radius 1 is 1.43 bits per heavy atom. The van der Waals surface area contributed by atoms with Gasteiger partial charge in [-0.1, -0.05) is 24.4 Å². The van der Waals surface area contributed by atoms with Crippen LogP contribution in [-0.4, -0.2) is 29.9 Å². The van der Waals surface area contributed by atoms with Gasteiger partial charge in [0.1, 0.15) is 0 Å². The molecule has 0 aromatic carbocycles. The Bertz CT molecular complexity index is 480. The van der Waals surface area contributed by atoms with E-state index in [1.807, 2.05) is 24.1 Å². The van der Waals surface area contributed by atoms with E-state index in [-0.39, 0.29) is 24.4 Å². The van der Waals surface area contributed by atoms with Crippen molar-refractivity contribution in [3.8, 4) is 0 Å². The van der Waals surface area contributed by atoms with Gasteiger partial charge >= 0.3 is 0 Å². The lowest BCUT2D eigenvalue weighted by molar-refractivity contribution is -0.132. The van der Waals surface area contributed by atoms with E-state index in [1.165, 1.54) is 25.7 Å². The second kappa shape index (κ2) is 7.32. The third-order valence-corrected chi connectivity index (χ3v) is 5.77. The van der Waals surface area contributed by atoms with Gasteiger partial charge in [0, 0.05) is 18.0 Å². The van der Waals surface area contributed by atoms with E-state index in [4.69, 9.17) is 11.6 Å². The smallest absolute Gasteiger partial charge is 0.239 e. The third-order valence-electron chi connectivity index (χ3n) is 4.56. The van der Waals surface area contributed by atoms with Crippen LogP contribution in [0.3, 0.4) is 0 Å². The summed E-state index contributed by atoms with van der Waals surface area (Å²) in [5.74, 6) is 0.936. The summed E-state index contributed by atoms with van der Waals surface area (Å²) in [4.78, 5) is 15.5. The number of likely N-dealkylation sites (N-methyl/N-ethyl adjacent to an activating group) is 1. The summed E-state index contributed by atoms with van der Waals surface area (Å²) >= 11 is 7.48. The maximum Gasteiger partial charge on any atom is 0.239 e. The summed E-state index contributed by atoms with van der Waals surface area (Å²) in [5.41, 5.74) is 0. The monoisotopic (exact) mass is 348 g/mol. The molecule has 0 spiro atoms. The van der Waals surface area contributed by atoms with Crippen LogP contribution in [0.2, 0.25) is 4.34 Å². The van der Waals surface area contributed by atoms with Crippen LogP contribution in [0.5, 0.6) is 0 Å². The van der Waals surface area contributed by atoms with Gasteiger partial charge in [0.25, 0.3) is 0 Å². The fourth-order valence-electron chi connectivity index (χ4n) is 3.52. The topological polar surface area (TPSA) is 32.3 Å². The van der Waals surface area contributed by atoms with Crippen molar-refractivity contribution >= 4 is 41.3 Å². The van der Waals surface area contributed by atoms with Gasteiger partial charge in [-0.25, -0.2) is 0 Å². The maximum absolute atomic E-state index is 12.5. The van der Waals surface area contributed by atoms with Crippen LogP contribution < -0.4 is 5.32 Å². The van der Waals surface area contributed by atoms with E-state index in [0.29, 0.717) is 18.5 Å². The fraction of sp³-hybridized carbons (Fsp3) is 0.667. The van der Waals surface area contributed by atoms with Crippen LogP contribution in [0.25, 0.3) is 0 Å². The molecule has 1 aliphatic carbocycles. The number of carbonyl (C=O) groups is 1. The van der Waals surface area contributed by atoms with E-state index >= 15 is 0 Å². The SMILES string of the molecule is CN(Cc1ccc(Cl)s1)C(=O)C1CC2CCCCC2N1.Cl. The highest BCUT2D eigenvalue weighted by Gasteiger charge is 2.39. The second-order valence-electron chi connectivity index (χ2n) is 6.01. The zero-order chi connectivity index (χ0) is 14.1. The third kappa shape index (κ3) is 3.92. The minimum absolute atomic E-state index is 0. The van der Waals surface area contributed by atoms with Gasteiger partial charge in [-0.15, -0.1) is 23.7 Å². The van der Waals surface area contributed by atoms with Crippen LogP contribution in [0, 0.1) is 5.92 Å². The Kier molecular flexibility index (Phi) is 5.95. The molecular formula is C15H22Cl2N2OS. The summed E-state index contributed by atoms with van der Waals surface area (Å²) < 4.78 is 0.783. The molecule has 1 saturated heterocycles. The number of fused-ring (bicyclic) bond motifs is 1. The lowest BCUT2D eigenvalue weighted by Crippen LogP contribution is -2.43. The molecule has 6 heteroatoms. The lowest BCUT2D eigenvalue weighted by Gasteiger charge is -2.24. The molecule has 2 heterocycles. The summed E-state index contributed by atoms with van der Waals surface area (Å²) in [6.45, 7) is 0.656. The van der Waals surface area contributed by atoms with Crippen molar-refractivity contribution in [1.29, 1.82) is 0 Å². The van der Waals surface area contributed by atoms with E-state index in [0.717, 1.165) is 15.6 Å². The highest BCUT2D eigenvalue weighted by atomic mass is 35.5. The predicted molar refractivity (Wildman–Crippen MR) is 90.3 cm³/mol. The molecule has 1 amide bonds. The Morgan fingerprint density at radius 3 is 2.86 bits per heavy atom. The molecule has 21 heavy (non-hydrogen) atoms. The number of rotatable bonds is 3. The molecule has 3 atom stereocenters. The molecule has 3 nitrogen and oxygen atoms in total.